The van der Waals surface area contributed by atoms with Crippen molar-refractivity contribution >= 4 is 43.4 Å². The highest BCUT2D eigenvalue weighted by atomic mass is 35.5. The number of carbonyl (C=O) groups excluding carboxylic acids is 1. The maximum atomic E-state index is 13.3. The lowest BCUT2D eigenvalue weighted by Crippen LogP contribution is -2.65. The second-order valence-corrected chi connectivity index (χ2v) is 13.7. The number of ether oxygens (including phenoxy) is 2. The number of alkyl halides is 2. The standard InChI is InChI=1S/C25H23ClF2N2O7S2/c1-3-38(32,33)30(25(29)31,39(34,35)4-2)17-11-12-18-19(14-17)23(15-7-5-8-16(26)13-15)36-20-9-6-10-21(22(18)20)37-24(27)28/h5-14,23-24H,3-4H2,1-2H3,(H-,29,31)/p+1. The first-order valence-electron chi connectivity index (χ1n) is 11.6. The van der Waals surface area contributed by atoms with Crippen molar-refractivity contribution in [1.82, 2.24) is 3.29 Å². The predicted octanol–water partition coefficient (Wildman–Crippen LogP) is 5.18. The molecule has 39 heavy (non-hydrogen) atoms. The van der Waals surface area contributed by atoms with Crippen LogP contribution in [0.5, 0.6) is 11.5 Å². The number of benzene rings is 3. The third-order valence-corrected chi connectivity index (χ3v) is 11.7. The summed E-state index contributed by atoms with van der Waals surface area (Å²) in [6, 6.07) is 12.8. The highest BCUT2D eigenvalue weighted by Crippen LogP contribution is 2.51. The quantitative estimate of drug-likeness (QED) is 0.352. The SMILES string of the molecule is CCS(=O)(=O)[N+](C(N)=O)(c1ccc2c(c1)C(c1cccc(Cl)c1)Oc1cccc(OC(F)F)c1-2)S(=O)(=O)CC. The lowest BCUT2D eigenvalue weighted by molar-refractivity contribution is -0.0496. The van der Waals surface area contributed by atoms with E-state index in [-0.39, 0.29) is 28.2 Å². The summed E-state index contributed by atoms with van der Waals surface area (Å²) >= 11 is 6.19. The largest absolute Gasteiger partial charge is 0.480 e. The molecule has 1 aliphatic rings. The molecule has 4 rings (SSSR count). The molecule has 1 aliphatic heterocycles. The predicted molar refractivity (Wildman–Crippen MR) is 143 cm³/mol. The Hall–Kier alpha value is -3.26. The van der Waals surface area contributed by atoms with E-state index in [1.165, 1.54) is 44.2 Å². The smallest absolute Gasteiger partial charge is 0.450 e. The minimum atomic E-state index is -4.75. The van der Waals surface area contributed by atoms with Gasteiger partial charge in [0.1, 0.15) is 17.6 Å². The summed E-state index contributed by atoms with van der Waals surface area (Å²) in [7, 11) is -9.51. The van der Waals surface area contributed by atoms with Crippen LogP contribution in [-0.2, 0) is 20.0 Å². The minimum Gasteiger partial charge on any atom is -0.480 e. The second kappa shape index (κ2) is 10.4. The molecule has 9 nitrogen and oxygen atoms in total. The van der Waals surface area contributed by atoms with Gasteiger partial charge in [-0.3, -0.25) is 0 Å². The lowest BCUT2D eigenvalue weighted by atomic mass is 9.88. The summed E-state index contributed by atoms with van der Waals surface area (Å²) in [6.07, 6.45) is -1.00. The summed E-state index contributed by atoms with van der Waals surface area (Å²) in [5, 5.41) is 0.346. The Kier molecular flexibility index (Phi) is 7.65. The number of carbonyl (C=O) groups is 1. The van der Waals surface area contributed by atoms with E-state index >= 15 is 0 Å². The van der Waals surface area contributed by atoms with Gasteiger partial charge in [-0.25, -0.2) is 4.79 Å². The van der Waals surface area contributed by atoms with Crippen molar-refractivity contribution in [2.75, 3.05) is 11.5 Å². The van der Waals surface area contributed by atoms with Crippen molar-refractivity contribution in [1.29, 1.82) is 0 Å². The van der Waals surface area contributed by atoms with Gasteiger partial charge in [-0.15, -0.1) is 0 Å². The fourth-order valence-electron chi connectivity index (χ4n) is 4.61. The molecule has 0 fully saturated rings. The first-order chi connectivity index (χ1) is 18.3. The van der Waals surface area contributed by atoms with Gasteiger partial charge in [0.2, 0.25) is 0 Å². The zero-order chi connectivity index (χ0) is 28.8. The summed E-state index contributed by atoms with van der Waals surface area (Å²) in [4.78, 5) is 12.9. The topological polar surface area (TPSA) is 130 Å². The fourth-order valence-corrected chi connectivity index (χ4v) is 8.97. The van der Waals surface area contributed by atoms with E-state index in [1.54, 1.807) is 24.3 Å². The maximum Gasteiger partial charge on any atom is 0.450 e. The second-order valence-electron chi connectivity index (χ2n) is 8.46. The molecule has 1 unspecified atom stereocenters. The monoisotopic (exact) mass is 601 g/mol. The van der Waals surface area contributed by atoms with Crippen molar-refractivity contribution in [2.45, 2.75) is 26.6 Å². The van der Waals surface area contributed by atoms with Crippen molar-refractivity contribution in [3.8, 4) is 22.6 Å². The number of hydrogen-bond donors (Lipinski definition) is 1. The maximum absolute atomic E-state index is 13.3. The normalized spacial score (nSPS) is 15.3. The highest BCUT2D eigenvalue weighted by molar-refractivity contribution is 8.08. The zero-order valence-corrected chi connectivity index (χ0v) is 23.1. The Bertz CT molecular complexity index is 1630. The molecular formula is C25H24ClF2N2O7S2+. The minimum absolute atomic E-state index is 0.131. The van der Waals surface area contributed by atoms with E-state index in [0.717, 1.165) is 6.07 Å². The van der Waals surface area contributed by atoms with Gasteiger partial charge in [-0.05, 0) is 58.6 Å². The van der Waals surface area contributed by atoms with E-state index in [0.29, 0.717) is 10.6 Å². The van der Waals surface area contributed by atoms with Crippen LogP contribution < -0.4 is 18.5 Å². The Labute approximate surface area is 229 Å². The number of primary amides is 1. The molecule has 0 spiro atoms. The van der Waals surface area contributed by atoms with Gasteiger partial charge < -0.3 is 15.2 Å². The van der Waals surface area contributed by atoms with E-state index in [4.69, 9.17) is 26.8 Å². The number of rotatable bonds is 8. The van der Waals surface area contributed by atoms with Gasteiger partial charge in [0.25, 0.3) is 0 Å². The molecule has 1 atom stereocenters. The number of nitrogens with zero attached hydrogens (tertiary/aromatic N) is 1. The summed E-state index contributed by atoms with van der Waals surface area (Å²) < 4.78 is 88.6. The van der Waals surface area contributed by atoms with Gasteiger partial charge in [-0.1, -0.05) is 29.8 Å². The van der Waals surface area contributed by atoms with E-state index in [1.807, 2.05) is 0 Å². The molecule has 14 heteroatoms. The highest BCUT2D eigenvalue weighted by Gasteiger charge is 2.60. The number of sulfonamides is 2. The number of amides is 2. The number of hydrogen-bond acceptors (Lipinski definition) is 7. The molecule has 2 amide bonds. The third-order valence-electron chi connectivity index (χ3n) is 6.33. The van der Waals surface area contributed by atoms with Crippen LogP contribution in [0.15, 0.2) is 60.7 Å². The van der Waals surface area contributed by atoms with E-state index in [9.17, 15) is 30.4 Å². The van der Waals surface area contributed by atoms with E-state index in [2.05, 4.69) is 0 Å². The van der Waals surface area contributed by atoms with Crippen LogP contribution in [0, 0.1) is 0 Å². The molecule has 0 aliphatic carbocycles. The first kappa shape index (κ1) is 28.7. The third kappa shape index (κ3) is 4.62. The van der Waals surface area contributed by atoms with Crippen molar-refractivity contribution < 1.29 is 39.9 Å². The molecule has 0 saturated heterocycles. The summed E-state index contributed by atoms with van der Waals surface area (Å²) in [5.74, 6) is -1.50. The van der Waals surface area contributed by atoms with Gasteiger partial charge in [0.05, 0.1) is 17.1 Å². The molecule has 0 aromatic heterocycles. The van der Waals surface area contributed by atoms with Crippen molar-refractivity contribution in [3.05, 3.63) is 76.8 Å². The average Bonchev–Trinajstić information content (AvgIpc) is 2.87. The fraction of sp³-hybridized carbons (Fsp3) is 0.240. The number of fused-ring (bicyclic) bond motifs is 3. The van der Waals surface area contributed by atoms with Crippen molar-refractivity contribution in [2.24, 2.45) is 5.73 Å². The van der Waals surface area contributed by atoms with Crippen molar-refractivity contribution in [3.63, 3.8) is 0 Å². The summed E-state index contributed by atoms with van der Waals surface area (Å²) in [5.41, 5.74) is 6.15. The number of halogens is 3. The van der Waals surface area contributed by atoms with Gasteiger partial charge in [0, 0.05) is 22.7 Å². The van der Waals surface area contributed by atoms with E-state index < -0.39 is 59.3 Å². The van der Waals surface area contributed by atoms with Gasteiger partial charge in [0.15, 0.2) is 5.69 Å². The molecule has 0 bridgehead atoms. The first-order valence-corrected chi connectivity index (χ1v) is 15.2. The van der Waals surface area contributed by atoms with Crippen LogP contribution in [0.25, 0.3) is 11.1 Å². The van der Waals surface area contributed by atoms with Crippen LogP contribution in [0.3, 0.4) is 0 Å². The molecule has 208 valence electrons. The summed E-state index contributed by atoms with van der Waals surface area (Å²) in [6.45, 7) is -0.776. The molecule has 1 heterocycles. The molecule has 3 aromatic rings. The molecule has 0 saturated carbocycles. The van der Waals surface area contributed by atoms with Crippen LogP contribution in [-0.4, -0.2) is 41.0 Å². The van der Waals surface area contributed by atoms with Gasteiger partial charge in [-0.2, -0.15) is 25.6 Å². The zero-order valence-electron chi connectivity index (χ0n) is 20.7. The Morgan fingerprint density at radius 1 is 1.03 bits per heavy atom. The van der Waals surface area contributed by atoms with Gasteiger partial charge >= 0.3 is 32.7 Å². The Morgan fingerprint density at radius 2 is 1.67 bits per heavy atom. The molecule has 2 N–H and O–H groups in total. The lowest BCUT2D eigenvalue weighted by Gasteiger charge is -2.33. The Morgan fingerprint density at radius 3 is 2.23 bits per heavy atom. The Balaban J connectivity index is 2.12. The number of urea groups is 1. The number of quaternary nitrogens is 1. The van der Waals surface area contributed by atoms with Crippen LogP contribution in [0.1, 0.15) is 31.1 Å². The molecule has 0 radical (unpaired) electrons. The number of nitrogens with two attached hydrogens (primary N) is 1. The average molecular weight is 602 g/mol. The van der Waals surface area contributed by atoms with Crippen LogP contribution in [0.2, 0.25) is 5.02 Å². The van der Waals surface area contributed by atoms with Crippen LogP contribution in [0.4, 0.5) is 19.3 Å². The van der Waals surface area contributed by atoms with Crippen LogP contribution >= 0.6 is 11.6 Å². The molecule has 3 aromatic carbocycles. The molecular weight excluding hydrogens is 578 g/mol.